The SMILES string of the molecule is COc1ccc(F)cc1/C=C1/N=C(c2cccc(F)c2)OC1=O. The first kappa shape index (κ1) is 14.9. The highest BCUT2D eigenvalue weighted by atomic mass is 19.1. The van der Waals surface area contributed by atoms with Crippen LogP contribution >= 0.6 is 0 Å². The summed E-state index contributed by atoms with van der Waals surface area (Å²) in [5.41, 5.74) is 0.671. The summed E-state index contributed by atoms with van der Waals surface area (Å²) in [4.78, 5) is 15.9. The molecular weight excluding hydrogens is 304 g/mol. The van der Waals surface area contributed by atoms with Crippen molar-refractivity contribution in [2.75, 3.05) is 7.11 Å². The fourth-order valence-corrected chi connectivity index (χ4v) is 2.12. The number of ether oxygens (including phenoxy) is 2. The molecule has 2 aromatic carbocycles. The molecule has 1 heterocycles. The molecule has 0 radical (unpaired) electrons. The zero-order valence-electron chi connectivity index (χ0n) is 12.0. The first-order valence-corrected chi connectivity index (χ1v) is 6.69. The lowest BCUT2D eigenvalue weighted by Gasteiger charge is -2.04. The summed E-state index contributed by atoms with van der Waals surface area (Å²) in [6, 6.07) is 9.44. The number of cyclic esters (lactones) is 1. The van der Waals surface area contributed by atoms with Crippen LogP contribution < -0.4 is 4.74 Å². The van der Waals surface area contributed by atoms with E-state index >= 15 is 0 Å². The molecule has 0 aliphatic carbocycles. The number of esters is 1. The molecule has 0 amide bonds. The van der Waals surface area contributed by atoms with Crippen molar-refractivity contribution < 1.29 is 23.0 Å². The first-order chi connectivity index (χ1) is 11.1. The van der Waals surface area contributed by atoms with Crippen LogP contribution in [0.25, 0.3) is 6.08 Å². The zero-order valence-corrected chi connectivity index (χ0v) is 12.0. The fourth-order valence-electron chi connectivity index (χ4n) is 2.12. The quantitative estimate of drug-likeness (QED) is 0.645. The van der Waals surface area contributed by atoms with E-state index in [0.717, 1.165) is 0 Å². The summed E-state index contributed by atoms with van der Waals surface area (Å²) < 4.78 is 36.7. The molecule has 0 bridgehead atoms. The third kappa shape index (κ3) is 3.11. The summed E-state index contributed by atoms with van der Waals surface area (Å²) >= 11 is 0. The van der Waals surface area contributed by atoms with Gasteiger partial charge in [-0.3, -0.25) is 0 Å². The standard InChI is InChI=1S/C17H11F2NO3/c1-22-15-6-5-13(19)8-11(15)9-14-17(21)23-16(20-14)10-3-2-4-12(18)7-10/h2-9H,1H3/b14-9+. The molecule has 2 aromatic rings. The van der Waals surface area contributed by atoms with Crippen LogP contribution in [0.1, 0.15) is 11.1 Å². The number of carbonyl (C=O) groups is 1. The van der Waals surface area contributed by atoms with E-state index in [0.29, 0.717) is 16.9 Å². The van der Waals surface area contributed by atoms with E-state index in [1.54, 1.807) is 6.07 Å². The minimum atomic E-state index is -0.699. The Morgan fingerprint density at radius 3 is 2.65 bits per heavy atom. The van der Waals surface area contributed by atoms with E-state index in [1.807, 2.05) is 0 Å². The highest BCUT2D eigenvalue weighted by Gasteiger charge is 2.24. The molecule has 0 fully saturated rings. The van der Waals surface area contributed by atoms with Gasteiger partial charge in [0.1, 0.15) is 17.4 Å². The molecule has 0 saturated carbocycles. The van der Waals surface area contributed by atoms with Crippen molar-refractivity contribution >= 4 is 17.9 Å². The molecule has 0 unspecified atom stereocenters. The lowest BCUT2D eigenvalue weighted by atomic mass is 10.1. The Labute approximate surface area is 130 Å². The van der Waals surface area contributed by atoms with Crippen molar-refractivity contribution in [3.63, 3.8) is 0 Å². The first-order valence-electron chi connectivity index (χ1n) is 6.69. The van der Waals surface area contributed by atoms with Crippen LogP contribution in [0.5, 0.6) is 5.75 Å². The highest BCUT2D eigenvalue weighted by molar-refractivity contribution is 6.12. The number of benzene rings is 2. The van der Waals surface area contributed by atoms with E-state index in [4.69, 9.17) is 9.47 Å². The average molecular weight is 315 g/mol. The van der Waals surface area contributed by atoms with Crippen LogP contribution in [-0.2, 0) is 9.53 Å². The highest BCUT2D eigenvalue weighted by Crippen LogP contribution is 2.25. The molecule has 0 N–H and O–H groups in total. The average Bonchev–Trinajstić information content (AvgIpc) is 2.89. The lowest BCUT2D eigenvalue weighted by molar-refractivity contribution is -0.129. The van der Waals surface area contributed by atoms with Crippen LogP contribution in [0.4, 0.5) is 8.78 Å². The lowest BCUT2D eigenvalue weighted by Crippen LogP contribution is -2.05. The number of carbonyl (C=O) groups excluding carboxylic acids is 1. The summed E-state index contributed by atoms with van der Waals surface area (Å²) in [5, 5.41) is 0. The van der Waals surface area contributed by atoms with Crippen molar-refractivity contribution in [3.8, 4) is 5.75 Å². The van der Waals surface area contributed by atoms with Gasteiger partial charge in [-0.15, -0.1) is 0 Å². The van der Waals surface area contributed by atoms with Crippen LogP contribution in [-0.4, -0.2) is 19.0 Å². The van der Waals surface area contributed by atoms with Gasteiger partial charge in [0, 0.05) is 11.1 Å². The molecule has 3 rings (SSSR count). The third-order valence-corrected chi connectivity index (χ3v) is 3.18. The molecule has 23 heavy (non-hydrogen) atoms. The minimum Gasteiger partial charge on any atom is -0.496 e. The van der Waals surface area contributed by atoms with Crippen LogP contribution in [0.2, 0.25) is 0 Å². The number of aliphatic imine (C=N–C) groups is 1. The van der Waals surface area contributed by atoms with Crippen LogP contribution in [0.3, 0.4) is 0 Å². The molecule has 116 valence electrons. The Morgan fingerprint density at radius 2 is 1.91 bits per heavy atom. The number of methoxy groups -OCH3 is 1. The molecule has 0 spiro atoms. The monoisotopic (exact) mass is 315 g/mol. The Morgan fingerprint density at radius 1 is 1.13 bits per heavy atom. The van der Waals surface area contributed by atoms with E-state index in [1.165, 1.54) is 49.6 Å². The Balaban J connectivity index is 2.00. The Kier molecular flexibility index (Phi) is 3.89. The van der Waals surface area contributed by atoms with Crippen LogP contribution in [0, 0.1) is 11.6 Å². The van der Waals surface area contributed by atoms with Crippen molar-refractivity contribution in [2.24, 2.45) is 4.99 Å². The van der Waals surface area contributed by atoms with Crippen molar-refractivity contribution in [1.82, 2.24) is 0 Å². The number of rotatable bonds is 3. The Hall–Kier alpha value is -3.02. The number of halogens is 2. The van der Waals surface area contributed by atoms with Gasteiger partial charge >= 0.3 is 5.97 Å². The summed E-state index contributed by atoms with van der Waals surface area (Å²) in [7, 11) is 1.43. The minimum absolute atomic E-state index is 0.00359. The maximum atomic E-state index is 13.4. The topological polar surface area (TPSA) is 47.9 Å². The van der Waals surface area contributed by atoms with Gasteiger partial charge in [-0.2, -0.15) is 0 Å². The normalized spacial score (nSPS) is 15.5. The molecule has 1 aliphatic heterocycles. The molecule has 6 heteroatoms. The largest absolute Gasteiger partial charge is 0.496 e. The van der Waals surface area contributed by atoms with E-state index in [-0.39, 0.29) is 11.6 Å². The van der Waals surface area contributed by atoms with Crippen molar-refractivity contribution in [2.45, 2.75) is 0 Å². The summed E-state index contributed by atoms with van der Waals surface area (Å²) in [6.45, 7) is 0. The third-order valence-electron chi connectivity index (χ3n) is 3.18. The summed E-state index contributed by atoms with van der Waals surface area (Å²) in [6.07, 6.45) is 1.36. The predicted molar refractivity (Wildman–Crippen MR) is 80.0 cm³/mol. The van der Waals surface area contributed by atoms with Gasteiger partial charge in [-0.1, -0.05) is 6.07 Å². The van der Waals surface area contributed by atoms with Gasteiger partial charge in [0.05, 0.1) is 7.11 Å². The maximum Gasteiger partial charge on any atom is 0.363 e. The Bertz CT molecular complexity index is 843. The van der Waals surface area contributed by atoms with Gasteiger partial charge in [0.2, 0.25) is 5.90 Å². The van der Waals surface area contributed by atoms with Gasteiger partial charge in [0.15, 0.2) is 5.70 Å². The number of nitrogens with zero attached hydrogens (tertiary/aromatic N) is 1. The van der Waals surface area contributed by atoms with Crippen molar-refractivity contribution in [1.29, 1.82) is 0 Å². The maximum absolute atomic E-state index is 13.4. The van der Waals surface area contributed by atoms with Gasteiger partial charge in [-0.25, -0.2) is 18.6 Å². The smallest absolute Gasteiger partial charge is 0.363 e. The summed E-state index contributed by atoms with van der Waals surface area (Å²) in [5.74, 6) is -1.25. The molecule has 1 aliphatic rings. The van der Waals surface area contributed by atoms with Crippen LogP contribution in [0.15, 0.2) is 53.2 Å². The second-order valence-corrected chi connectivity index (χ2v) is 4.73. The van der Waals surface area contributed by atoms with Gasteiger partial charge < -0.3 is 9.47 Å². The zero-order chi connectivity index (χ0) is 16.4. The van der Waals surface area contributed by atoms with Gasteiger partial charge in [-0.05, 0) is 42.5 Å². The molecule has 0 saturated heterocycles. The molecule has 0 aromatic heterocycles. The molecular formula is C17H11F2NO3. The molecule has 0 atom stereocenters. The molecule has 4 nitrogen and oxygen atoms in total. The predicted octanol–water partition coefficient (Wildman–Crippen LogP) is 3.32. The fraction of sp³-hybridized carbons (Fsp3) is 0.0588. The van der Waals surface area contributed by atoms with Crippen molar-refractivity contribution in [3.05, 3.63) is 70.9 Å². The number of hydrogen-bond donors (Lipinski definition) is 0. The number of hydrogen-bond acceptors (Lipinski definition) is 4. The second kappa shape index (κ2) is 6.00. The second-order valence-electron chi connectivity index (χ2n) is 4.73. The van der Waals surface area contributed by atoms with E-state index in [9.17, 15) is 13.6 Å². The van der Waals surface area contributed by atoms with Gasteiger partial charge in [0.25, 0.3) is 0 Å². The van der Waals surface area contributed by atoms with E-state index < -0.39 is 17.6 Å². The van der Waals surface area contributed by atoms with E-state index in [2.05, 4.69) is 4.99 Å².